The zero-order chi connectivity index (χ0) is 19.5. The molecule has 4 rings (SSSR count). The fraction of sp³-hybridized carbons (Fsp3) is 0.208. The molecule has 1 amide bonds. The molecule has 3 aromatic rings. The molecule has 1 N–H and O–H groups in total. The highest BCUT2D eigenvalue weighted by Crippen LogP contribution is 2.46. The third-order valence-corrected chi connectivity index (χ3v) is 5.37. The topological polar surface area (TPSA) is 40.5 Å². The summed E-state index contributed by atoms with van der Waals surface area (Å²) in [5.41, 5.74) is 3.05. The molecule has 2 atom stereocenters. The SMILES string of the molecule is O=C1[C@@H](c2ccc(O)cc2)[C@@H](c2ccc(F)cc2)N1CCCc1ccccc1. The molecule has 0 radical (unpaired) electrons. The zero-order valence-corrected chi connectivity index (χ0v) is 15.5. The fourth-order valence-electron chi connectivity index (χ4n) is 3.93. The summed E-state index contributed by atoms with van der Waals surface area (Å²) < 4.78 is 13.4. The van der Waals surface area contributed by atoms with E-state index in [4.69, 9.17) is 0 Å². The number of aromatic hydroxyl groups is 1. The van der Waals surface area contributed by atoms with Gasteiger partial charge in [-0.05, 0) is 53.8 Å². The maximum atomic E-state index is 13.4. The number of β-lactam (4-membered cyclic amide) rings is 1. The van der Waals surface area contributed by atoms with E-state index in [1.807, 2.05) is 23.1 Å². The maximum Gasteiger partial charge on any atom is 0.233 e. The van der Waals surface area contributed by atoms with Crippen molar-refractivity contribution in [1.29, 1.82) is 0 Å². The van der Waals surface area contributed by atoms with Crippen molar-refractivity contribution in [3.63, 3.8) is 0 Å². The first-order valence-corrected chi connectivity index (χ1v) is 9.52. The number of nitrogens with zero attached hydrogens (tertiary/aromatic N) is 1. The first kappa shape index (κ1) is 18.2. The minimum atomic E-state index is -0.303. The molecule has 0 unspecified atom stereocenters. The van der Waals surface area contributed by atoms with Crippen LogP contribution in [-0.2, 0) is 11.2 Å². The van der Waals surface area contributed by atoms with Gasteiger partial charge in [-0.25, -0.2) is 4.39 Å². The molecular weight excluding hydrogens is 353 g/mol. The monoisotopic (exact) mass is 375 g/mol. The number of carbonyl (C=O) groups is 1. The van der Waals surface area contributed by atoms with Crippen LogP contribution in [0.1, 0.15) is 35.1 Å². The van der Waals surface area contributed by atoms with E-state index in [2.05, 4.69) is 12.1 Å². The van der Waals surface area contributed by atoms with Crippen molar-refractivity contribution >= 4 is 5.91 Å². The predicted octanol–water partition coefficient (Wildman–Crippen LogP) is 4.83. The Labute approximate surface area is 164 Å². The molecule has 4 heteroatoms. The number of hydrogen-bond donors (Lipinski definition) is 1. The average Bonchev–Trinajstić information content (AvgIpc) is 2.72. The summed E-state index contributed by atoms with van der Waals surface area (Å²) in [4.78, 5) is 14.8. The average molecular weight is 375 g/mol. The van der Waals surface area contributed by atoms with E-state index in [1.54, 1.807) is 36.4 Å². The molecule has 3 nitrogen and oxygen atoms in total. The highest BCUT2D eigenvalue weighted by molar-refractivity contribution is 5.91. The molecule has 3 aromatic carbocycles. The summed E-state index contributed by atoms with van der Waals surface area (Å²) in [5, 5.41) is 9.55. The number of likely N-dealkylation sites (tertiary alicyclic amines) is 1. The number of amides is 1. The minimum absolute atomic E-state index is 0.0769. The summed E-state index contributed by atoms with van der Waals surface area (Å²) in [6.45, 7) is 0.657. The number of hydrogen-bond acceptors (Lipinski definition) is 2. The van der Waals surface area contributed by atoms with Gasteiger partial charge in [0.25, 0.3) is 0 Å². The molecule has 0 aliphatic carbocycles. The largest absolute Gasteiger partial charge is 0.508 e. The van der Waals surface area contributed by atoms with Crippen molar-refractivity contribution in [1.82, 2.24) is 4.90 Å². The van der Waals surface area contributed by atoms with Crippen molar-refractivity contribution in [2.45, 2.75) is 24.8 Å². The van der Waals surface area contributed by atoms with E-state index in [1.165, 1.54) is 17.7 Å². The van der Waals surface area contributed by atoms with Gasteiger partial charge in [-0.3, -0.25) is 4.79 Å². The first-order chi connectivity index (χ1) is 13.6. The van der Waals surface area contributed by atoms with Gasteiger partial charge in [-0.1, -0.05) is 54.6 Å². The van der Waals surface area contributed by atoms with Gasteiger partial charge in [-0.2, -0.15) is 0 Å². The van der Waals surface area contributed by atoms with Gasteiger partial charge in [0.1, 0.15) is 11.6 Å². The molecule has 1 fully saturated rings. The quantitative estimate of drug-likeness (QED) is 0.627. The van der Waals surface area contributed by atoms with Gasteiger partial charge < -0.3 is 10.0 Å². The van der Waals surface area contributed by atoms with Crippen LogP contribution in [0, 0.1) is 5.82 Å². The maximum absolute atomic E-state index is 13.4. The third kappa shape index (κ3) is 3.63. The lowest BCUT2D eigenvalue weighted by Gasteiger charge is -2.48. The minimum Gasteiger partial charge on any atom is -0.508 e. The van der Waals surface area contributed by atoms with Crippen LogP contribution in [0.5, 0.6) is 5.75 Å². The second kappa shape index (κ2) is 7.85. The molecule has 1 heterocycles. The third-order valence-electron chi connectivity index (χ3n) is 5.37. The van der Waals surface area contributed by atoms with Gasteiger partial charge in [-0.15, -0.1) is 0 Å². The smallest absolute Gasteiger partial charge is 0.233 e. The Morgan fingerprint density at radius 2 is 1.50 bits per heavy atom. The number of benzene rings is 3. The number of halogens is 1. The number of phenols is 1. The molecule has 0 spiro atoms. The lowest BCUT2D eigenvalue weighted by atomic mass is 9.77. The van der Waals surface area contributed by atoms with Gasteiger partial charge >= 0.3 is 0 Å². The summed E-state index contributed by atoms with van der Waals surface area (Å²) in [6, 6.07) is 23.3. The van der Waals surface area contributed by atoms with E-state index in [0.717, 1.165) is 24.0 Å². The molecule has 0 saturated carbocycles. The molecule has 1 aliphatic rings. The Bertz CT molecular complexity index is 939. The lowest BCUT2D eigenvalue weighted by molar-refractivity contribution is -0.150. The predicted molar refractivity (Wildman–Crippen MR) is 106 cm³/mol. The molecule has 1 aliphatic heterocycles. The van der Waals surface area contributed by atoms with Crippen molar-refractivity contribution in [2.75, 3.05) is 6.54 Å². The summed E-state index contributed by atoms with van der Waals surface area (Å²) in [6.07, 6.45) is 1.78. The summed E-state index contributed by atoms with van der Waals surface area (Å²) in [7, 11) is 0. The van der Waals surface area contributed by atoms with Crippen LogP contribution >= 0.6 is 0 Å². The van der Waals surface area contributed by atoms with E-state index >= 15 is 0 Å². The standard InChI is InChI=1S/C24H22FNO2/c25-20-12-8-19(9-13-20)23-22(18-10-14-21(27)15-11-18)24(28)26(23)16-4-7-17-5-2-1-3-6-17/h1-3,5-6,8-15,22-23,27H,4,7,16H2/t22-,23+/m0/s1. The van der Waals surface area contributed by atoms with Gasteiger partial charge in [0.2, 0.25) is 5.91 Å². The summed E-state index contributed by atoms with van der Waals surface area (Å²) in [5.74, 6) is -0.337. The highest BCUT2D eigenvalue weighted by Gasteiger charge is 2.48. The van der Waals surface area contributed by atoms with Crippen LogP contribution < -0.4 is 0 Å². The summed E-state index contributed by atoms with van der Waals surface area (Å²) >= 11 is 0. The van der Waals surface area contributed by atoms with E-state index in [-0.39, 0.29) is 29.4 Å². The van der Waals surface area contributed by atoms with Crippen LogP contribution in [0.2, 0.25) is 0 Å². The highest BCUT2D eigenvalue weighted by atomic mass is 19.1. The Balaban J connectivity index is 1.53. The fourth-order valence-corrected chi connectivity index (χ4v) is 3.93. The van der Waals surface area contributed by atoms with Crippen molar-refractivity contribution in [3.05, 3.63) is 101 Å². The van der Waals surface area contributed by atoms with Crippen molar-refractivity contribution < 1.29 is 14.3 Å². The van der Waals surface area contributed by atoms with E-state index in [0.29, 0.717) is 6.54 Å². The van der Waals surface area contributed by atoms with Crippen LogP contribution in [-0.4, -0.2) is 22.5 Å². The van der Waals surface area contributed by atoms with Gasteiger partial charge in [0.05, 0.1) is 12.0 Å². The van der Waals surface area contributed by atoms with Crippen molar-refractivity contribution in [2.24, 2.45) is 0 Å². The van der Waals surface area contributed by atoms with E-state index < -0.39 is 0 Å². The van der Waals surface area contributed by atoms with Crippen molar-refractivity contribution in [3.8, 4) is 5.75 Å². The van der Waals surface area contributed by atoms with Gasteiger partial charge in [0.15, 0.2) is 0 Å². The molecule has 28 heavy (non-hydrogen) atoms. The number of rotatable bonds is 6. The number of carbonyl (C=O) groups excluding carboxylic acids is 1. The Kier molecular flexibility index (Phi) is 5.11. The van der Waals surface area contributed by atoms with Crippen LogP contribution in [0.3, 0.4) is 0 Å². The zero-order valence-electron chi connectivity index (χ0n) is 15.5. The molecular formula is C24H22FNO2. The number of phenolic OH excluding ortho intramolecular Hbond substituents is 1. The van der Waals surface area contributed by atoms with Gasteiger partial charge in [0, 0.05) is 6.54 Å². The first-order valence-electron chi connectivity index (χ1n) is 9.52. The Morgan fingerprint density at radius 3 is 2.18 bits per heavy atom. The molecule has 142 valence electrons. The van der Waals surface area contributed by atoms with E-state index in [9.17, 15) is 14.3 Å². The molecule has 0 aromatic heterocycles. The van der Waals surface area contributed by atoms with Crippen LogP contribution in [0.15, 0.2) is 78.9 Å². The second-order valence-corrected chi connectivity index (χ2v) is 7.19. The molecule has 0 bridgehead atoms. The second-order valence-electron chi connectivity index (χ2n) is 7.19. The molecule has 1 saturated heterocycles. The number of aryl methyl sites for hydroxylation is 1. The Hall–Kier alpha value is -3.14. The van der Waals surface area contributed by atoms with Crippen LogP contribution in [0.4, 0.5) is 4.39 Å². The lowest BCUT2D eigenvalue weighted by Crippen LogP contribution is -2.53. The Morgan fingerprint density at radius 1 is 0.857 bits per heavy atom. The van der Waals surface area contributed by atoms with Crippen LogP contribution in [0.25, 0.3) is 0 Å². The normalized spacial score (nSPS) is 18.8.